The Morgan fingerprint density at radius 1 is 0.385 bits per heavy atom. The Balaban J connectivity index is 0.000000163. The van der Waals surface area contributed by atoms with Gasteiger partial charge in [0.2, 0.25) is 11.6 Å². The summed E-state index contributed by atoms with van der Waals surface area (Å²) in [6.45, 7) is 20.2. The van der Waals surface area contributed by atoms with Gasteiger partial charge in [-0.25, -0.2) is 0 Å². The molecule has 14 rings (SSSR count). The van der Waals surface area contributed by atoms with Crippen LogP contribution in [0.3, 0.4) is 0 Å². The molecule has 91 heavy (non-hydrogen) atoms. The number of hydrogen-bond donors (Lipinski definition) is 2. The van der Waals surface area contributed by atoms with Gasteiger partial charge in [0.1, 0.15) is 0 Å². The summed E-state index contributed by atoms with van der Waals surface area (Å²) >= 11 is 37.7. The predicted octanol–water partition coefficient (Wildman–Crippen LogP) is 22.7. The molecule has 0 saturated carbocycles. The maximum absolute atomic E-state index is 11.7. The van der Waals surface area contributed by atoms with Gasteiger partial charge in [-0.1, -0.05) is 206 Å². The van der Waals surface area contributed by atoms with Crippen LogP contribution in [0.5, 0.6) is 11.5 Å². The van der Waals surface area contributed by atoms with E-state index in [4.69, 9.17) is 78.7 Å². The van der Waals surface area contributed by atoms with Crippen LogP contribution in [-0.4, -0.2) is 39.6 Å². The molecule has 10 nitrogen and oxygen atoms in total. The number of phenolic OH excluding ortho intramolecular Hbond substituents is 2. The summed E-state index contributed by atoms with van der Waals surface area (Å²) in [7, 11) is 0. The van der Waals surface area contributed by atoms with Crippen LogP contribution in [0, 0.1) is 13.8 Å². The first-order valence-electron chi connectivity index (χ1n) is 28.5. The molecular formula is C74H58Cl6N6O4Zr. The van der Waals surface area contributed by atoms with Gasteiger partial charge in [-0.2, -0.15) is 59.2 Å². The van der Waals surface area contributed by atoms with Crippen LogP contribution in [0.4, 0.5) is 0 Å². The second kappa shape index (κ2) is 27.5. The molecule has 14 aromatic rings. The molecule has 454 valence electrons. The predicted molar refractivity (Wildman–Crippen MR) is 372 cm³/mol. The molecule has 0 bridgehead atoms. The van der Waals surface area contributed by atoms with E-state index < -0.39 is 0 Å². The summed E-state index contributed by atoms with van der Waals surface area (Å²) in [5.41, 5.74) is 10.5. The number of benzene rings is 10. The monoisotopic (exact) mass is 1390 g/mol. The van der Waals surface area contributed by atoms with Crippen LogP contribution in [0.15, 0.2) is 215 Å². The number of para-hydroxylation sites is 4. The quantitative estimate of drug-likeness (QED) is 0.158. The van der Waals surface area contributed by atoms with Crippen molar-refractivity contribution in [1.82, 2.24) is 29.4 Å². The first-order valence-corrected chi connectivity index (χ1v) is 30.8. The number of hydrogen-bond acceptors (Lipinski definition) is 8. The van der Waals surface area contributed by atoms with Gasteiger partial charge in [0.05, 0.1) is 75.8 Å². The van der Waals surface area contributed by atoms with Gasteiger partial charge in [-0.15, -0.1) is 24.3 Å². The van der Waals surface area contributed by atoms with Crippen molar-refractivity contribution in [3.8, 4) is 68.6 Å². The molecule has 0 radical (unpaired) electrons. The van der Waals surface area contributed by atoms with Crippen LogP contribution in [-0.2, 0) is 37.0 Å². The molecule has 10 aromatic carbocycles. The molecule has 2 N–H and O–H groups in total. The molecule has 17 heteroatoms. The molecule has 0 atom stereocenters. The molecule has 0 saturated heterocycles. The summed E-state index contributed by atoms with van der Waals surface area (Å²) in [4.78, 5) is 9.15. The third-order valence-electron chi connectivity index (χ3n) is 15.0. The zero-order valence-corrected chi connectivity index (χ0v) is 57.2. The van der Waals surface area contributed by atoms with E-state index in [2.05, 4.69) is 133 Å². The van der Waals surface area contributed by atoms with Crippen LogP contribution in [0.2, 0.25) is 30.1 Å². The minimum absolute atomic E-state index is 0. The van der Waals surface area contributed by atoms with E-state index in [1.54, 1.807) is 24.3 Å². The zero-order chi connectivity index (χ0) is 63.8. The van der Waals surface area contributed by atoms with Gasteiger partial charge in [-0.3, -0.25) is 0 Å². The number of rotatable bonds is 6. The molecule has 0 aliphatic heterocycles. The van der Waals surface area contributed by atoms with E-state index in [0.29, 0.717) is 43.7 Å². The summed E-state index contributed by atoms with van der Waals surface area (Å²) < 4.78 is 15.3. The van der Waals surface area contributed by atoms with Crippen molar-refractivity contribution in [1.29, 1.82) is 0 Å². The molecule has 0 unspecified atom stereocenters. The fourth-order valence-corrected chi connectivity index (χ4v) is 12.4. The molecule has 0 aliphatic rings. The number of halogens is 6. The number of nitrogens with zero attached hydrogens (tertiary/aromatic N) is 6. The normalized spacial score (nSPS) is 11.4. The second-order valence-electron chi connectivity index (χ2n) is 23.3. The van der Waals surface area contributed by atoms with Crippen LogP contribution >= 0.6 is 69.6 Å². The van der Waals surface area contributed by atoms with Crippen molar-refractivity contribution in [2.45, 2.75) is 52.4 Å². The number of fused-ring (bicyclic) bond motifs is 6. The zero-order valence-electron chi connectivity index (χ0n) is 50.2. The molecule has 4 aromatic heterocycles. The largest absolute Gasteiger partial charge is 2.00 e. The molecule has 0 fully saturated rings. The van der Waals surface area contributed by atoms with Crippen molar-refractivity contribution in [3.05, 3.63) is 272 Å². The maximum atomic E-state index is 11.7. The molecule has 4 heterocycles. The van der Waals surface area contributed by atoms with Crippen molar-refractivity contribution in [3.63, 3.8) is 0 Å². The Morgan fingerprint density at radius 2 is 0.659 bits per heavy atom. The summed E-state index contributed by atoms with van der Waals surface area (Å²) in [5, 5.41) is 38.2. The molecule has 0 amide bonds. The average Bonchev–Trinajstić information content (AvgIpc) is 1.62. The Hall–Kier alpha value is -7.96. The third-order valence-corrected chi connectivity index (χ3v) is 16.6. The maximum Gasteiger partial charge on any atom is 2.00 e. The van der Waals surface area contributed by atoms with E-state index in [-0.39, 0.29) is 92.1 Å². The third kappa shape index (κ3) is 14.0. The van der Waals surface area contributed by atoms with Crippen molar-refractivity contribution in [2.75, 3.05) is 0 Å². The van der Waals surface area contributed by atoms with Crippen LogP contribution in [0.25, 0.3) is 101 Å². The van der Waals surface area contributed by atoms with Crippen LogP contribution in [0.1, 0.15) is 63.8 Å². The van der Waals surface area contributed by atoms with E-state index in [1.165, 1.54) is 0 Å². The first-order chi connectivity index (χ1) is 43.0. The van der Waals surface area contributed by atoms with E-state index in [0.717, 1.165) is 65.9 Å². The van der Waals surface area contributed by atoms with E-state index in [1.807, 2.05) is 133 Å². The topological polar surface area (TPSA) is 128 Å². The molecular weight excluding hydrogens is 1340 g/mol. The number of aromatic hydroxyl groups is 2. The Kier molecular flexibility index (Phi) is 19.9. The van der Waals surface area contributed by atoms with Gasteiger partial charge < -0.3 is 28.4 Å². The first kappa shape index (κ1) is 66.0. The molecule has 0 aliphatic carbocycles. The standard InChI is InChI=1S/2C30H22Cl3N3O2.2C7H7.Zr/c2*1-30(2,3)16-12-20(28-34-29(38-35-28)26-21(32)14-17(31)15-22(26)33)27(37)25(13-16)36-23-10-6-4-8-18(23)19-9-5-7-11-24(19)36;2*1-7-5-3-2-4-6-7;/h2*4-15,37H,1-3H3;2*2-6H,1H2;/q;;2*-1;+2. The van der Waals surface area contributed by atoms with Crippen molar-refractivity contribution in [2.24, 2.45) is 0 Å². The molecule has 0 spiro atoms. The fraction of sp³-hybridized carbons (Fsp3) is 0.108. The van der Waals surface area contributed by atoms with Gasteiger partial charge in [-0.05, 0) is 94.8 Å². The Bertz CT molecular complexity index is 4490. The smallest absolute Gasteiger partial charge is 0.505 e. The van der Waals surface area contributed by atoms with Gasteiger partial charge >= 0.3 is 26.2 Å². The van der Waals surface area contributed by atoms with Gasteiger partial charge in [0.15, 0.2) is 11.5 Å². The van der Waals surface area contributed by atoms with Crippen molar-refractivity contribution < 1.29 is 45.5 Å². The summed E-state index contributed by atoms with van der Waals surface area (Å²) in [6.07, 6.45) is 0. The summed E-state index contributed by atoms with van der Waals surface area (Å²) in [6, 6.07) is 66.4. The number of phenols is 2. The fourth-order valence-electron chi connectivity index (χ4n) is 10.5. The number of aromatic nitrogens is 6. The minimum atomic E-state index is -0.231. The minimum Gasteiger partial charge on any atom is -0.505 e. The average molecular weight is 1400 g/mol. The Morgan fingerprint density at radius 3 is 0.923 bits per heavy atom. The van der Waals surface area contributed by atoms with E-state index >= 15 is 0 Å². The van der Waals surface area contributed by atoms with Gasteiger partial charge in [0, 0.05) is 31.6 Å². The van der Waals surface area contributed by atoms with Crippen LogP contribution < -0.4 is 0 Å². The van der Waals surface area contributed by atoms with Gasteiger partial charge in [0.25, 0.3) is 11.8 Å². The second-order valence-corrected chi connectivity index (χ2v) is 25.8. The summed E-state index contributed by atoms with van der Waals surface area (Å²) in [5.74, 6) is 0.756. The van der Waals surface area contributed by atoms with E-state index in [9.17, 15) is 10.2 Å². The SMILES string of the molecule is CC(C)(C)c1cc(-c2noc(-c3c(Cl)cc(Cl)cc3Cl)n2)c(O)c(-n2c3ccccc3c3ccccc32)c1.CC(C)(C)c1cc(-c2noc(-c3c(Cl)cc(Cl)cc3Cl)n2)c(O)c(-n2c3ccccc3c3ccccc32)c1.[CH2-]c1ccccc1.[CH2-]c1ccccc1.[Zr+2]. The Labute approximate surface area is 576 Å². The van der Waals surface area contributed by atoms with Crippen molar-refractivity contribution >= 4 is 113 Å².